The first kappa shape index (κ1) is 15.8. The number of benzene rings is 2. The highest BCUT2D eigenvalue weighted by Gasteiger charge is 2.14. The lowest BCUT2D eigenvalue weighted by atomic mass is 10.0. The van der Waals surface area contributed by atoms with Crippen molar-refractivity contribution in [2.24, 2.45) is 4.99 Å². The molecule has 0 aliphatic rings. The largest absolute Gasteiger partial charge is 0.463 e. The zero-order valence-corrected chi connectivity index (χ0v) is 12.8. The van der Waals surface area contributed by atoms with Crippen LogP contribution in [-0.4, -0.2) is 6.72 Å². The van der Waals surface area contributed by atoms with Crippen molar-refractivity contribution in [3.8, 4) is 0 Å². The highest BCUT2D eigenvalue weighted by atomic mass is 19.2. The molecule has 0 radical (unpaired) electrons. The fourth-order valence-corrected chi connectivity index (χ4v) is 2.50. The van der Waals surface area contributed by atoms with Crippen LogP contribution in [0, 0.1) is 0 Å². The number of allylic oxidation sites excluding steroid dienone is 3. The standard InChI is InChI=1S/C19H13F2NO2/c1-11(20)15(21)9-16(22-2)14-10-24-17-8-7-12-5-3-4-6-13(12)18(17)19(14)23/h3-10H,2H2,1H3/b15-11-,16-9-. The van der Waals surface area contributed by atoms with Crippen molar-refractivity contribution in [1.29, 1.82) is 0 Å². The Labute approximate surface area is 136 Å². The van der Waals surface area contributed by atoms with Gasteiger partial charge in [0.25, 0.3) is 0 Å². The molecular formula is C19H13F2NO2. The van der Waals surface area contributed by atoms with Gasteiger partial charge in [-0.15, -0.1) is 0 Å². The molecule has 5 heteroatoms. The van der Waals surface area contributed by atoms with Gasteiger partial charge >= 0.3 is 0 Å². The molecule has 0 atom stereocenters. The van der Waals surface area contributed by atoms with E-state index in [1.54, 1.807) is 12.1 Å². The van der Waals surface area contributed by atoms with E-state index in [0.717, 1.165) is 18.4 Å². The number of fused-ring (bicyclic) bond motifs is 3. The minimum atomic E-state index is -1.12. The highest BCUT2D eigenvalue weighted by molar-refractivity contribution is 6.05. The molecule has 0 unspecified atom stereocenters. The molecule has 0 fully saturated rings. The van der Waals surface area contributed by atoms with E-state index >= 15 is 0 Å². The molecule has 0 spiro atoms. The summed E-state index contributed by atoms with van der Waals surface area (Å²) in [6, 6.07) is 10.9. The second-order valence-corrected chi connectivity index (χ2v) is 5.21. The van der Waals surface area contributed by atoms with Gasteiger partial charge < -0.3 is 4.42 Å². The lowest BCUT2D eigenvalue weighted by Gasteiger charge is -2.05. The summed E-state index contributed by atoms with van der Waals surface area (Å²) in [6.07, 6.45) is 2.01. The van der Waals surface area contributed by atoms with Crippen molar-refractivity contribution in [3.63, 3.8) is 0 Å². The van der Waals surface area contributed by atoms with Crippen molar-refractivity contribution in [3.05, 3.63) is 76.2 Å². The Morgan fingerprint density at radius 1 is 1.21 bits per heavy atom. The van der Waals surface area contributed by atoms with Gasteiger partial charge in [0.1, 0.15) is 17.7 Å². The SMILES string of the molecule is C=N/C(=C\C(F)=C(/C)F)c1coc2ccc3ccccc3c2c1=O. The predicted molar refractivity (Wildman–Crippen MR) is 92.4 cm³/mol. The van der Waals surface area contributed by atoms with Gasteiger partial charge in [-0.1, -0.05) is 30.3 Å². The van der Waals surface area contributed by atoms with Gasteiger partial charge in [-0.05, 0) is 30.5 Å². The number of halogens is 2. The van der Waals surface area contributed by atoms with Gasteiger partial charge in [-0.2, -0.15) is 0 Å². The Morgan fingerprint density at radius 2 is 1.96 bits per heavy atom. The first-order chi connectivity index (χ1) is 11.5. The summed E-state index contributed by atoms with van der Waals surface area (Å²) < 4.78 is 32.0. The molecular weight excluding hydrogens is 312 g/mol. The second kappa shape index (κ2) is 6.20. The predicted octanol–water partition coefficient (Wildman–Crippen LogP) is 5.16. The minimum absolute atomic E-state index is 0.0188. The minimum Gasteiger partial charge on any atom is -0.463 e. The summed E-state index contributed by atoms with van der Waals surface area (Å²) in [5.41, 5.74) is -0.0436. The molecule has 1 aromatic heterocycles. The van der Waals surface area contributed by atoms with Gasteiger partial charge in [0.2, 0.25) is 5.43 Å². The summed E-state index contributed by atoms with van der Waals surface area (Å²) in [6.45, 7) is 4.30. The van der Waals surface area contributed by atoms with E-state index in [9.17, 15) is 13.6 Å². The van der Waals surface area contributed by atoms with Gasteiger partial charge in [0.15, 0.2) is 5.83 Å². The first-order valence-corrected chi connectivity index (χ1v) is 7.17. The zero-order chi connectivity index (χ0) is 17.3. The number of rotatable bonds is 3. The van der Waals surface area contributed by atoms with Crippen LogP contribution in [0.25, 0.3) is 27.4 Å². The highest BCUT2D eigenvalue weighted by Crippen LogP contribution is 2.25. The molecule has 0 N–H and O–H groups in total. The van der Waals surface area contributed by atoms with Gasteiger partial charge in [0, 0.05) is 6.08 Å². The van der Waals surface area contributed by atoms with Crippen LogP contribution in [0.4, 0.5) is 8.78 Å². The Morgan fingerprint density at radius 3 is 2.67 bits per heavy atom. The summed E-state index contributed by atoms with van der Waals surface area (Å²) >= 11 is 0. The van der Waals surface area contributed by atoms with Crippen molar-refractivity contribution in [2.45, 2.75) is 6.92 Å². The lowest BCUT2D eigenvalue weighted by molar-refractivity contribution is 0.555. The van der Waals surface area contributed by atoms with Gasteiger partial charge in [0.05, 0.1) is 16.6 Å². The number of hydrogen-bond acceptors (Lipinski definition) is 3. The fourth-order valence-electron chi connectivity index (χ4n) is 2.50. The Kier molecular flexibility index (Phi) is 4.08. The Balaban J connectivity index is 2.37. The smallest absolute Gasteiger partial charge is 0.202 e. The molecule has 3 nitrogen and oxygen atoms in total. The quantitative estimate of drug-likeness (QED) is 0.379. The van der Waals surface area contributed by atoms with Crippen molar-refractivity contribution < 1.29 is 13.2 Å². The summed E-state index contributed by atoms with van der Waals surface area (Å²) in [5.74, 6) is -2.12. The maximum absolute atomic E-state index is 13.6. The maximum Gasteiger partial charge on any atom is 0.202 e. The molecule has 3 aromatic rings. The average molecular weight is 325 g/mol. The van der Waals surface area contributed by atoms with E-state index in [4.69, 9.17) is 4.42 Å². The Bertz CT molecular complexity index is 1070. The van der Waals surface area contributed by atoms with Gasteiger partial charge in [-0.25, -0.2) is 8.78 Å². The zero-order valence-electron chi connectivity index (χ0n) is 12.8. The molecule has 0 bridgehead atoms. The Hall–Kier alpha value is -3.08. The molecule has 1 heterocycles. The first-order valence-electron chi connectivity index (χ1n) is 7.17. The van der Waals surface area contributed by atoms with Crippen molar-refractivity contribution in [1.82, 2.24) is 0 Å². The third-order valence-electron chi connectivity index (χ3n) is 3.71. The van der Waals surface area contributed by atoms with E-state index in [-0.39, 0.29) is 16.7 Å². The fraction of sp³-hybridized carbons (Fsp3) is 0.0526. The van der Waals surface area contributed by atoms with Crippen LogP contribution in [0.5, 0.6) is 0 Å². The van der Waals surface area contributed by atoms with Crippen molar-refractivity contribution >= 4 is 34.2 Å². The molecule has 120 valence electrons. The van der Waals surface area contributed by atoms with E-state index in [1.165, 1.54) is 6.26 Å². The van der Waals surface area contributed by atoms with Crippen molar-refractivity contribution in [2.75, 3.05) is 0 Å². The second-order valence-electron chi connectivity index (χ2n) is 5.21. The van der Waals surface area contributed by atoms with Crippen LogP contribution in [0.3, 0.4) is 0 Å². The number of aliphatic imine (C=N–C) groups is 1. The molecule has 3 rings (SSSR count). The van der Waals surface area contributed by atoms with Crippen LogP contribution >= 0.6 is 0 Å². The average Bonchev–Trinajstić information content (AvgIpc) is 2.59. The molecule has 2 aromatic carbocycles. The summed E-state index contributed by atoms with van der Waals surface area (Å²) in [7, 11) is 0. The summed E-state index contributed by atoms with van der Waals surface area (Å²) in [5, 5.41) is 1.95. The molecule has 0 amide bonds. The van der Waals surface area contributed by atoms with E-state index in [2.05, 4.69) is 11.7 Å². The van der Waals surface area contributed by atoms with Crippen LogP contribution in [0.1, 0.15) is 12.5 Å². The van der Waals surface area contributed by atoms with E-state index in [1.807, 2.05) is 24.3 Å². The normalized spacial score (nSPS) is 13.2. The molecule has 0 saturated heterocycles. The van der Waals surface area contributed by atoms with Crippen LogP contribution in [0.15, 0.2) is 74.6 Å². The van der Waals surface area contributed by atoms with Gasteiger partial charge in [-0.3, -0.25) is 9.79 Å². The number of nitrogens with zero attached hydrogens (tertiary/aromatic N) is 1. The lowest BCUT2D eigenvalue weighted by Crippen LogP contribution is -2.08. The monoisotopic (exact) mass is 325 g/mol. The molecule has 0 aliphatic heterocycles. The van der Waals surface area contributed by atoms with Crippen LogP contribution in [-0.2, 0) is 0 Å². The third kappa shape index (κ3) is 2.65. The third-order valence-corrected chi connectivity index (χ3v) is 3.71. The molecule has 0 saturated carbocycles. The molecule has 0 aliphatic carbocycles. The summed E-state index contributed by atoms with van der Waals surface area (Å²) in [4.78, 5) is 16.5. The topological polar surface area (TPSA) is 42.6 Å². The van der Waals surface area contributed by atoms with E-state index in [0.29, 0.717) is 16.4 Å². The molecule has 24 heavy (non-hydrogen) atoms. The maximum atomic E-state index is 13.6. The van der Waals surface area contributed by atoms with E-state index < -0.39 is 11.7 Å². The van der Waals surface area contributed by atoms with Crippen LogP contribution in [0.2, 0.25) is 0 Å². The number of hydrogen-bond donors (Lipinski definition) is 0. The van der Waals surface area contributed by atoms with Crippen LogP contribution < -0.4 is 5.43 Å².